The lowest BCUT2D eigenvalue weighted by Gasteiger charge is -2.31. The highest BCUT2D eigenvalue weighted by Crippen LogP contribution is 2.31. The number of hydrogen-bond donors (Lipinski definition) is 1. The Bertz CT molecular complexity index is 1370. The minimum Gasteiger partial charge on any atom is -0.483 e. The van der Waals surface area contributed by atoms with Crippen LogP contribution >= 0.6 is 11.6 Å². The predicted octanol–water partition coefficient (Wildman–Crippen LogP) is 5.21. The molecule has 2 heterocycles. The molecule has 38 heavy (non-hydrogen) atoms. The lowest BCUT2D eigenvalue weighted by molar-refractivity contribution is -0.123. The molecule has 1 saturated heterocycles. The average molecular weight is 530 g/mol. The Kier molecular flexibility index (Phi) is 8.36. The summed E-state index contributed by atoms with van der Waals surface area (Å²) in [6.45, 7) is 2.98. The van der Waals surface area contributed by atoms with E-state index in [2.05, 4.69) is 44.7 Å². The number of piperidine rings is 1. The molecule has 196 valence electrons. The minimum absolute atomic E-state index is 0.0592. The first-order chi connectivity index (χ1) is 18.6. The van der Waals surface area contributed by atoms with Crippen molar-refractivity contribution in [3.05, 3.63) is 101 Å². The number of ether oxygens (including phenoxy) is 1. The molecule has 8 heteroatoms. The number of hydrogen-bond acceptors (Lipinski definition) is 5. The van der Waals surface area contributed by atoms with Gasteiger partial charge in [0.1, 0.15) is 17.9 Å². The van der Waals surface area contributed by atoms with Crippen LogP contribution in [-0.4, -0.2) is 45.3 Å². The summed E-state index contributed by atoms with van der Waals surface area (Å²) in [5.74, 6) is 2.02. The molecule has 5 rings (SSSR count). The lowest BCUT2D eigenvalue weighted by Crippen LogP contribution is -2.33. The van der Waals surface area contributed by atoms with Gasteiger partial charge >= 0.3 is 0 Å². The van der Waals surface area contributed by atoms with Crippen molar-refractivity contribution in [2.24, 2.45) is 7.05 Å². The molecule has 1 fully saturated rings. The van der Waals surface area contributed by atoms with Crippen molar-refractivity contribution in [3.8, 4) is 16.9 Å². The van der Waals surface area contributed by atoms with Gasteiger partial charge in [-0.1, -0.05) is 66.2 Å². The van der Waals surface area contributed by atoms with Crippen molar-refractivity contribution in [1.82, 2.24) is 25.0 Å². The fourth-order valence-corrected chi connectivity index (χ4v) is 5.14. The number of carbonyl (C=O) groups excluding carboxylic acids is 1. The summed E-state index contributed by atoms with van der Waals surface area (Å²) in [6.07, 6.45) is 3.84. The summed E-state index contributed by atoms with van der Waals surface area (Å²) >= 11 is 6.21. The van der Waals surface area contributed by atoms with Gasteiger partial charge in [0.2, 0.25) is 0 Å². The Hall–Kier alpha value is -3.68. The second kappa shape index (κ2) is 12.2. The standard InChI is InChI=1S/C30H32ClN5O2/c1-35-21-33-34-30(35)23-13-15-36(16-14-23)19-26-17-24(22-7-3-2-4-8-22)11-12-28(26)38-20-29(37)32-18-25-9-5-6-10-27(25)31/h2-12,17,21,23H,13-16,18-20H2,1H3,(H,32,37). The number of nitrogens with one attached hydrogen (secondary N) is 1. The number of halogens is 1. The molecule has 1 aliphatic rings. The predicted molar refractivity (Wildman–Crippen MR) is 149 cm³/mol. The highest BCUT2D eigenvalue weighted by Gasteiger charge is 2.24. The first-order valence-corrected chi connectivity index (χ1v) is 13.3. The molecule has 0 saturated carbocycles. The maximum Gasteiger partial charge on any atom is 0.258 e. The van der Waals surface area contributed by atoms with Crippen molar-refractivity contribution in [3.63, 3.8) is 0 Å². The van der Waals surface area contributed by atoms with E-state index in [1.165, 1.54) is 0 Å². The van der Waals surface area contributed by atoms with E-state index in [4.69, 9.17) is 16.3 Å². The van der Waals surface area contributed by atoms with Crippen molar-refractivity contribution in [1.29, 1.82) is 0 Å². The zero-order valence-electron chi connectivity index (χ0n) is 21.5. The van der Waals surface area contributed by atoms with Gasteiger partial charge in [0.25, 0.3) is 5.91 Å². The summed E-state index contributed by atoms with van der Waals surface area (Å²) in [4.78, 5) is 15.0. The number of aryl methyl sites for hydroxylation is 1. The third-order valence-corrected chi connectivity index (χ3v) is 7.42. The van der Waals surface area contributed by atoms with Gasteiger partial charge in [0, 0.05) is 36.6 Å². The molecule has 0 atom stereocenters. The van der Waals surface area contributed by atoms with Gasteiger partial charge in [-0.05, 0) is 60.8 Å². The SMILES string of the molecule is Cn1cnnc1C1CCN(Cc2cc(-c3ccccc3)ccc2OCC(=O)NCc2ccccc2Cl)CC1. The topological polar surface area (TPSA) is 72.3 Å². The van der Waals surface area contributed by atoms with Gasteiger partial charge in [-0.15, -0.1) is 10.2 Å². The molecule has 0 spiro atoms. The number of aromatic nitrogens is 3. The monoisotopic (exact) mass is 529 g/mol. The summed E-state index contributed by atoms with van der Waals surface area (Å²) in [6, 6.07) is 24.0. The first-order valence-electron chi connectivity index (χ1n) is 12.9. The quantitative estimate of drug-likeness (QED) is 0.322. The molecule has 1 amide bonds. The van der Waals surface area contributed by atoms with E-state index < -0.39 is 0 Å². The number of rotatable bonds is 9. The van der Waals surface area contributed by atoms with Gasteiger partial charge in [-0.2, -0.15) is 0 Å². The summed E-state index contributed by atoms with van der Waals surface area (Å²) in [7, 11) is 2.00. The molecular weight excluding hydrogens is 498 g/mol. The zero-order valence-corrected chi connectivity index (χ0v) is 22.3. The van der Waals surface area contributed by atoms with E-state index >= 15 is 0 Å². The lowest BCUT2D eigenvalue weighted by atomic mass is 9.95. The number of amides is 1. The van der Waals surface area contributed by atoms with Crippen LogP contribution in [0.25, 0.3) is 11.1 Å². The number of likely N-dealkylation sites (tertiary alicyclic amines) is 1. The largest absolute Gasteiger partial charge is 0.483 e. The van der Waals surface area contributed by atoms with Gasteiger partial charge < -0.3 is 14.6 Å². The van der Waals surface area contributed by atoms with Gasteiger partial charge in [-0.25, -0.2) is 0 Å². The van der Waals surface area contributed by atoms with Crippen molar-refractivity contribution in [2.45, 2.75) is 31.8 Å². The zero-order chi connectivity index (χ0) is 26.3. The highest BCUT2D eigenvalue weighted by atomic mass is 35.5. The minimum atomic E-state index is -0.188. The fraction of sp³-hybridized carbons (Fsp3) is 0.300. The molecule has 1 N–H and O–H groups in total. The summed E-state index contributed by atoms with van der Waals surface area (Å²) in [5.41, 5.74) is 4.23. The van der Waals surface area contributed by atoms with Gasteiger partial charge in [-0.3, -0.25) is 9.69 Å². The van der Waals surface area contributed by atoms with Crippen LogP contribution in [0.1, 0.15) is 35.7 Å². The Balaban J connectivity index is 1.25. The Labute approximate surface area is 228 Å². The van der Waals surface area contributed by atoms with Crippen molar-refractivity contribution >= 4 is 17.5 Å². The van der Waals surface area contributed by atoms with Crippen molar-refractivity contribution < 1.29 is 9.53 Å². The molecule has 0 unspecified atom stereocenters. The fourth-order valence-electron chi connectivity index (χ4n) is 4.94. The van der Waals surface area contributed by atoms with E-state index in [1.807, 2.05) is 60.1 Å². The third-order valence-electron chi connectivity index (χ3n) is 7.05. The molecule has 0 bridgehead atoms. The summed E-state index contributed by atoms with van der Waals surface area (Å²) in [5, 5.41) is 11.9. The van der Waals surface area contributed by atoms with Crippen LogP contribution in [0.5, 0.6) is 5.75 Å². The number of benzene rings is 3. The van der Waals surface area contributed by atoms with Crippen LogP contribution in [0.15, 0.2) is 79.1 Å². The van der Waals surface area contributed by atoms with Crippen LogP contribution in [0.2, 0.25) is 5.02 Å². The van der Waals surface area contributed by atoms with Crippen LogP contribution in [0, 0.1) is 0 Å². The molecule has 0 aliphatic carbocycles. The molecule has 0 radical (unpaired) electrons. The van der Waals surface area contributed by atoms with Crippen LogP contribution in [0.3, 0.4) is 0 Å². The maximum absolute atomic E-state index is 12.6. The summed E-state index contributed by atoms with van der Waals surface area (Å²) < 4.78 is 8.07. The van der Waals surface area contributed by atoms with Crippen LogP contribution in [-0.2, 0) is 24.9 Å². The second-order valence-corrected chi connectivity index (χ2v) is 10.1. The van der Waals surface area contributed by atoms with Crippen molar-refractivity contribution in [2.75, 3.05) is 19.7 Å². The highest BCUT2D eigenvalue weighted by molar-refractivity contribution is 6.31. The molecule has 1 aliphatic heterocycles. The van der Waals surface area contributed by atoms with Gasteiger partial charge in [0.05, 0.1) is 0 Å². The van der Waals surface area contributed by atoms with E-state index in [0.29, 0.717) is 17.5 Å². The van der Waals surface area contributed by atoms with E-state index in [0.717, 1.165) is 66.3 Å². The third kappa shape index (κ3) is 6.41. The first kappa shape index (κ1) is 25.9. The Morgan fingerprint density at radius 2 is 1.76 bits per heavy atom. The van der Waals surface area contributed by atoms with Gasteiger partial charge in [0.15, 0.2) is 6.61 Å². The van der Waals surface area contributed by atoms with E-state index in [9.17, 15) is 4.79 Å². The number of nitrogens with zero attached hydrogens (tertiary/aromatic N) is 4. The number of carbonyl (C=O) groups is 1. The van der Waals surface area contributed by atoms with E-state index in [1.54, 1.807) is 6.33 Å². The Morgan fingerprint density at radius 1 is 1.00 bits per heavy atom. The molecular formula is C30H32ClN5O2. The average Bonchev–Trinajstić information content (AvgIpc) is 3.38. The normalized spacial score (nSPS) is 14.4. The molecule has 3 aromatic carbocycles. The Morgan fingerprint density at radius 3 is 2.50 bits per heavy atom. The molecule has 7 nitrogen and oxygen atoms in total. The second-order valence-electron chi connectivity index (χ2n) is 9.70. The smallest absolute Gasteiger partial charge is 0.258 e. The molecule has 1 aromatic heterocycles. The van der Waals surface area contributed by atoms with E-state index in [-0.39, 0.29) is 12.5 Å². The molecule has 4 aromatic rings. The van der Waals surface area contributed by atoms with Crippen LogP contribution < -0.4 is 10.1 Å². The van der Waals surface area contributed by atoms with Crippen LogP contribution in [0.4, 0.5) is 0 Å². The maximum atomic E-state index is 12.6.